The summed E-state index contributed by atoms with van der Waals surface area (Å²) in [6.45, 7) is 0. The first kappa shape index (κ1) is 18.3. The lowest BCUT2D eigenvalue weighted by Gasteiger charge is -2.11. The number of anilines is 2. The number of nitrogens with zero attached hydrogens (tertiary/aromatic N) is 2. The molecule has 1 amide bonds. The van der Waals surface area contributed by atoms with Gasteiger partial charge in [0, 0.05) is 41.1 Å². The molecule has 6 heteroatoms. The molecule has 0 bridgehead atoms. The first-order valence-electron chi connectivity index (χ1n) is 8.75. The number of carbonyl (C=O) groups excluding carboxylic acids is 1. The van der Waals surface area contributed by atoms with Gasteiger partial charge >= 0.3 is 0 Å². The molecule has 0 unspecified atom stereocenters. The highest BCUT2D eigenvalue weighted by Crippen LogP contribution is 2.27. The monoisotopic (exact) mass is 435 g/mol. The minimum absolute atomic E-state index is 0.171. The molecule has 0 fully saturated rings. The summed E-state index contributed by atoms with van der Waals surface area (Å²) in [4.78, 5) is 19.0. The Morgan fingerprint density at radius 3 is 2.39 bits per heavy atom. The Hall–Kier alpha value is -3.12. The van der Waals surface area contributed by atoms with E-state index in [1.807, 2.05) is 73.6 Å². The number of fused-ring (bicyclic) bond motifs is 1. The van der Waals surface area contributed by atoms with Crippen LogP contribution in [0.1, 0.15) is 10.4 Å². The highest BCUT2D eigenvalue weighted by Gasteiger charge is 2.11. The molecule has 0 spiro atoms. The number of nitrogens with one attached hydrogen (secondary N) is 1. The van der Waals surface area contributed by atoms with Crippen molar-refractivity contribution in [2.45, 2.75) is 0 Å². The van der Waals surface area contributed by atoms with Gasteiger partial charge in [0.25, 0.3) is 5.91 Å². The van der Waals surface area contributed by atoms with E-state index in [1.165, 1.54) is 0 Å². The van der Waals surface area contributed by atoms with E-state index >= 15 is 0 Å². The van der Waals surface area contributed by atoms with Crippen LogP contribution < -0.4 is 10.2 Å². The van der Waals surface area contributed by atoms with Gasteiger partial charge in [-0.1, -0.05) is 15.9 Å². The lowest BCUT2D eigenvalue weighted by molar-refractivity contribution is 0.102. The lowest BCUT2D eigenvalue weighted by atomic mass is 10.2. The molecule has 0 aliphatic carbocycles. The predicted molar refractivity (Wildman–Crippen MR) is 116 cm³/mol. The standard InChI is InChI=1S/C22H18BrN3O2/c1-26(2)18-10-5-15(6-11-18)22-25-19-13-17(9-12-20(19)28-22)24-21(27)14-3-7-16(23)8-4-14/h3-13H,1-2H3,(H,24,27). The minimum atomic E-state index is -0.171. The van der Waals surface area contributed by atoms with Gasteiger partial charge in [-0.05, 0) is 66.7 Å². The van der Waals surface area contributed by atoms with Gasteiger partial charge in [0.1, 0.15) is 5.52 Å². The van der Waals surface area contributed by atoms with Gasteiger partial charge in [0.15, 0.2) is 5.58 Å². The van der Waals surface area contributed by atoms with Gasteiger partial charge in [0.2, 0.25) is 5.89 Å². The number of hydrogen-bond donors (Lipinski definition) is 1. The van der Waals surface area contributed by atoms with Crippen LogP contribution in [-0.4, -0.2) is 25.0 Å². The van der Waals surface area contributed by atoms with Crippen molar-refractivity contribution >= 4 is 44.3 Å². The van der Waals surface area contributed by atoms with Crippen molar-refractivity contribution in [2.75, 3.05) is 24.3 Å². The van der Waals surface area contributed by atoms with Crippen LogP contribution >= 0.6 is 15.9 Å². The molecule has 4 aromatic rings. The van der Waals surface area contributed by atoms with Gasteiger partial charge in [-0.15, -0.1) is 0 Å². The first-order valence-corrected chi connectivity index (χ1v) is 9.54. The molecule has 140 valence electrons. The number of amides is 1. The van der Waals surface area contributed by atoms with Crippen molar-refractivity contribution in [1.29, 1.82) is 0 Å². The van der Waals surface area contributed by atoms with Crippen LogP contribution in [0.4, 0.5) is 11.4 Å². The number of hydrogen-bond acceptors (Lipinski definition) is 4. The Morgan fingerprint density at radius 2 is 1.71 bits per heavy atom. The molecule has 0 aliphatic rings. The summed E-state index contributed by atoms with van der Waals surface area (Å²) in [5.74, 6) is 0.381. The van der Waals surface area contributed by atoms with Crippen molar-refractivity contribution in [3.8, 4) is 11.5 Å². The van der Waals surface area contributed by atoms with E-state index in [2.05, 4.69) is 26.2 Å². The molecule has 1 aromatic heterocycles. The molecule has 0 saturated heterocycles. The molecule has 0 radical (unpaired) electrons. The van der Waals surface area contributed by atoms with Crippen LogP contribution in [0.3, 0.4) is 0 Å². The largest absolute Gasteiger partial charge is 0.436 e. The van der Waals surface area contributed by atoms with Crippen LogP contribution in [0.15, 0.2) is 75.6 Å². The third kappa shape index (κ3) is 3.77. The summed E-state index contributed by atoms with van der Waals surface area (Å²) in [5.41, 5.74) is 4.64. The second-order valence-corrected chi connectivity index (χ2v) is 7.52. The van der Waals surface area contributed by atoms with E-state index in [0.29, 0.717) is 28.2 Å². The van der Waals surface area contributed by atoms with E-state index < -0.39 is 0 Å². The Bertz CT molecular complexity index is 1130. The molecule has 28 heavy (non-hydrogen) atoms. The van der Waals surface area contributed by atoms with Crippen LogP contribution in [0, 0.1) is 0 Å². The van der Waals surface area contributed by atoms with E-state index in [9.17, 15) is 4.79 Å². The highest BCUT2D eigenvalue weighted by molar-refractivity contribution is 9.10. The summed E-state index contributed by atoms with van der Waals surface area (Å²) in [7, 11) is 4.00. The molecular weight excluding hydrogens is 418 g/mol. The highest BCUT2D eigenvalue weighted by atomic mass is 79.9. The van der Waals surface area contributed by atoms with Crippen molar-refractivity contribution < 1.29 is 9.21 Å². The van der Waals surface area contributed by atoms with Gasteiger partial charge < -0.3 is 14.6 Å². The van der Waals surface area contributed by atoms with Crippen molar-refractivity contribution in [3.63, 3.8) is 0 Å². The van der Waals surface area contributed by atoms with Gasteiger partial charge in [-0.25, -0.2) is 4.98 Å². The van der Waals surface area contributed by atoms with Crippen molar-refractivity contribution in [1.82, 2.24) is 4.98 Å². The quantitative estimate of drug-likeness (QED) is 0.454. The van der Waals surface area contributed by atoms with Crippen LogP contribution in [0.25, 0.3) is 22.6 Å². The molecule has 0 atom stereocenters. The fourth-order valence-electron chi connectivity index (χ4n) is 2.84. The zero-order valence-electron chi connectivity index (χ0n) is 15.4. The van der Waals surface area contributed by atoms with Gasteiger partial charge in [-0.2, -0.15) is 0 Å². The summed E-state index contributed by atoms with van der Waals surface area (Å²) in [6.07, 6.45) is 0. The molecule has 0 saturated carbocycles. The van der Waals surface area contributed by atoms with Crippen molar-refractivity contribution in [3.05, 3.63) is 76.8 Å². The third-order valence-corrected chi connectivity index (χ3v) is 4.91. The van der Waals surface area contributed by atoms with Crippen molar-refractivity contribution in [2.24, 2.45) is 0 Å². The molecular formula is C22H18BrN3O2. The summed E-state index contributed by atoms with van der Waals surface area (Å²) in [6, 6.07) is 20.7. The smallest absolute Gasteiger partial charge is 0.255 e. The van der Waals surface area contributed by atoms with E-state index in [1.54, 1.807) is 12.1 Å². The van der Waals surface area contributed by atoms with Crippen LogP contribution in [0.5, 0.6) is 0 Å². The van der Waals surface area contributed by atoms with Crippen LogP contribution in [-0.2, 0) is 0 Å². The maximum atomic E-state index is 12.4. The second-order valence-electron chi connectivity index (χ2n) is 6.60. The van der Waals surface area contributed by atoms with E-state index in [0.717, 1.165) is 15.7 Å². The zero-order valence-corrected chi connectivity index (χ0v) is 17.0. The molecule has 1 heterocycles. The summed E-state index contributed by atoms with van der Waals surface area (Å²) in [5, 5.41) is 2.90. The normalized spacial score (nSPS) is 10.8. The SMILES string of the molecule is CN(C)c1ccc(-c2nc3cc(NC(=O)c4ccc(Br)cc4)ccc3o2)cc1. The average molecular weight is 436 g/mol. The average Bonchev–Trinajstić information content (AvgIpc) is 3.12. The van der Waals surface area contributed by atoms with Crippen LogP contribution in [0.2, 0.25) is 0 Å². The van der Waals surface area contributed by atoms with Gasteiger partial charge in [0.05, 0.1) is 0 Å². The van der Waals surface area contributed by atoms with E-state index in [-0.39, 0.29) is 5.91 Å². The Balaban J connectivity index is 1.57. The number of benzene rings is 3. The topological polar surface area (TPSA) is 58.4 Å². The first-order chi connectivity index (χ1) is 13.5. The molecule has 3 aromatic carbocycles. The third-order valence-electron chi connectivity index (χ3n) is 4.38. The summed E-state index contributed by atoms with van der Waals surface area (Å²) < 4.78 is 6.80. The maximum Gasteiger partial charge on any atom is 0.255 e. The van der Waals surface area contributed by atoms with Gasteiger partial charge in [-0.3, -0.25) is 4.79 Å². The molecule has 5 nitrogen and oxygen atoms in total. The number of halogens is 1. The molecule has 1 N–H and O–H groups in total. The summed E-state index contributed by atoms with van der Waals surface area (Å²) >= 11 is 3.37. The molecule has 4 rings (SSSR count). The minimum Gasteiger partial charge on any atom is -0.436 e. The molecule has 0 aliphatic heterocycles. The van der Waals surface area contributed by atoms with E-state index in [4.69, 9.17) is 4.42 Å². The Morgan fingerprint density at radius 1 is 1.00 bits per heavy atom. The number of aromatic nitrogens is 1. The number of rotatable bonds is 4. The lowest BCUT2D eigenvalue weighted by Crippen LogP contribution is -2.11. The fraction of sp³-hybridized carbons (Fsp3) is 0.0909. The number of carbonyl (C=O) groups is 1. The predicted octanol–water partition coefficient (Wildman–Crippen LogP) is 5.58. The Labute approximate surface area is 171 Å². The second kappa shape index (κ2) is 7.48. The maximum absolute atomic E-state index is 12.4. The Kier molecular flexibility index (Phi) is 4.88. The fourth-order valence-corrected chi connectivity index (χ4v) is 3.10. The number of oxazole rings is 1. The zero-order chi connectivity index (χ0) is 19.7.